The first kappa shape index (κ1) is 14.7. The lowest BCUT2D eigenvalue weighted by Crippen LogP contribution is -2.12. The van der Waals surface area contributed by atoms with Crippen molar-refractivity contribution >= 4 is 0 Å². The molecule has 2 rings (SSSR count). The van der Waals surface area contributed by atoms with Crippen LogP contribution in [0.5, 0.6) is 0 Å². The Bertz CT molecular complexity index is 541. The van der Waals surface area contributed by atoms with E-state index in [1.54, 1.807) is 0 Å². The van der Waals surface area contributed by atoms with Gasteiger partial charge >= 0.3 is 6.18 Å². The van der Waals surface area contributed by atoms with Gasteiger partial charge in [-0.2, -0.15) is 13.2 Å². The molecule has 108 valence electrons. The van der Waals surface area contributed by atoms with Gasteiger partial charge < -0.3 is 9.88 Å². The molecule has 0 aliphatic heterocycles. The SMILES string of the molecule is CCn1ccc(CNCc2ccc(C(F)(F)F)cc2)c1. The maximum atomic E-state index is 12.4. The lowest BCUT2D eigenvalue weighted by molar-refractivity contribution is -0.137. The molecule has 0 saturated carbocycles. The summed E-state index contributed by atoms with van der Waals surface area (Å²) in [6, 6.07) is 7.28. The van der Waals surface area contributed by atoms with Crippen LogP contribution in [0.1, 0.15) is 23.6 Å². The zero-order valence-corrected chi connectivity index (χ0v) is 11.2. The minimum absolute atomic E-state index is 0.551. The van der Waals surface area contributed by atoms with E-state index in [4.69, 9.17) is 0 Å². The molecule has 5 heteroatoms. The first-order valence-corrected chi connectivity index (χ1v) is 6.50. The van der Waals surface area contributed by atoms with Gasteiger partial charge in [0, 0.05) is 32.0 Å². The smallest absolute Gasteiger partial charge is 0.354 e. The van der Waals surface area contributed by atoms with E-state index in [2.05, 4.69) is 23.0 Å². The molecule has 1 N–H and O–H groups in total. The molecule has 0 atom stereocenters. The summed E-state index contributed by atoms with van der Waals surface area (Å²) in [5.41, 5.74) is 1.40. The average Bonchev–Trinajstić information content (AvgIpc) is 2.86. The molecule has 0 unspecified atom stereocenters. The minimum Gasteiger partial charge on any atom is -0.354 e. The fraction of sp³-hybridized carbons (Fsp3) is 0.333. The largest absolute Gasteiger partial charge is 0.416 e. The molecule has 0 bridgehead atoms. The van der Waals surface area contributed by atoms with Gasteiger partial charge in [0.15, 0.2) is 0 Å². The van der Waals surface area contributed by atoms with E-state index >= 15 is 0 Å². The molecular formula is C15H17F3N2. The summed E-state index contributed by atoms with van der Waals surface area (Å²) >= 11 is 0. The maximum absolute atomic E-state index is 12.4. The van der Waals surface area contributed by atoms with Crippen molar-refractivity contribution in [2.45, 2.75) is 32.7 Å². The van der Waals surface area contributed by atoms with E-state index in [-0.39, 0.29) is 0 Å². The molecule has 0 radical (unpaired) electrons. The number of benzene rings is 1. The fourth-order valence-corrected chi connectivity index (χ4v) is 1.95. The Morgan fingerprint density at radius 2 is 1.65 bits per heavy atom. The van der Waals surface area contributed by atoms with Crippen LogP contribution in [0.15, 0.2) is 42.7 Å². The Labute approximate surface area is 116 Å². The Balaban J connectivity index is 1.85. The summed E-state index contributed by atoms with van der Waals surface area (Å²) in [6.45, 7) is 4.25. The Kier molecular flexibility index (Phi) is 4.49. The maximum Gasteiger partial charge on any atom is 0.416 e. The molecule has 2 aromatic rings. The molecule has 1 aromatic carbocycles. The number of aryl methyl sites for hydroxylation is 1. The number of halogens is 3. The number of rotatable bonds is 5. The van der Waals surface area contributed by atoms with Crippen LogP contribution in [-0.2, 0) is 25.8 Å². The third kappa shape index (κ3) is 3.87. The Hall–Kier alpha value is -1.75. The first-order valence-electron chi connectivity index (χ1n) is 6.50. The molecular weight excluding hydrogens is 265 g/mol. The van der Waals surface area contributed by atoms with E-state index in [9.17, 15) is 13.2 Å². The molecule has 20 heavy (non-hydrogen) atoms. The second kappa shape index (κ2) is 6.13. The quantitative estimate of drug-likeness (QED) is 0.882. The standard InChI is InChI=1S/C15H17F3N2/c1-2-20-8-7-13(11-20)10-19-9-12-3-5-14(6-4-12)15(16,17)18/h3-8,11,19H,2,9-10H2,1H3. The number of alkyl halides is 3. The molecule has 2 nitrogen and oxygen atoms in total. The van der Waals surface area contributed by atoms with Crippen molar-refractivity contribution in [1.29, 1.82) is 0 Å². The number of aromatic nitrogens is 1. The van der Waals surface area contributed by atoms with Crippen molar-refractivity contribution in [1.82, 2.24) is 9.88 Å². The van der Waals surface area contributed by atoms with Crippen LogP contribution in [0.3, 0.4) is 0 Å². The van der Waals surface area contributed by atoms with Crippen molar-refractivity contribution < 1.29 is 13.2 Å². The van der Waals surface area contributed by atoms with E-state index in [1.165, 1.54) is 17.7 Å². The molecule has 0 saturated heterocycles. The highest BCUT2D eigenvalue weighted by molar-refractivity contribution is 5.24. The molecule has 0 aliphatic carbocycles. The monoisotopic (exact) mass is 282 g/mol. The normalized spacial score (nSPS) is 11.8. The van der Waals surface area contributed by atoms with Gasteiger partial charge in [0.1, 0.15) is 0 Å². The van der Waals surface area contributed by atoms with Crippen LogP contribution in [0.2, 0.25) is 0 Å². The molecule has 0 aliphatic rings. The van der Waals surface area contributed by atoms with Gasteiger partial charge in [-0.1, -0.05) is 12.1 Å². The summed E-state index contributed by atoms with van der Waals surface area (Å²) in [6.07, 6.45) is -0.204. The van der Waals surface area contributed by atoms with E-state index < -0.39 is 11.7 Å². The third-order valence-corrected chi connectivity index (χ3v) is 3.12. The zero-order chi connectivity index (χ0) is 14.6. The van der Waals surface area contributed by atoms with Crippen molar-refractivity contribution in [3.63, 3.8) is 0 Å². The predicted octanol–water partition coefficient (Wildman–Crippen LogP) is 3.82. The van der Waals surface area contributed by atoms with E-state index in [0.717, 1.165) is 24.2 Å². The lowest BCUT2D eigenvalue weighted by atomic mass is 10.1. The number of hydrogen-bond acceptors (Lipinski definition) is 1. The average molecular weight is 282 g/mol. The molecule has 0 fully saturated rings. The van der Waals surface area contributed by atoms with Crippen LogP contribution in [-0.4, -0.2) is 4.57 Å². The Morgan fingerprint density at radius 1 is 1.00 bits per heavy atom. The molecule has 1 heterocycles. The highest BCUT2D eigenvalue weighted by atomic mass is 19.4. The number of nitrogens with zero attached hydrogens (tertiary/aromatic N) is 1. The van der Waals surface area contributed by atoms with Gasteiger partial charge in [-0.15, -0.1) is 0 Å². The second-order valence-electron chi connectivity index (χ2n) is 4.65. The third-order valence-electron chi connectivity index (χ3n) is 3.12. The van der Waals surface area contributed by atoms with E-state index in [0.29, 0.717) is 13.1 Å². The lowest BCUT2D eigenvalue weighted by Gasteiger charge is -2.08. The van der Waals surface area contributed by atoms with Gasteiger partial charge in [-0.25, -0.2) is 0 Å². The van der Waals surface area contributed by atoms with Crippen molar-refractivity contribution in [2.75, 3.05) is 0 Å². The molecule has 0 spiro atoms. The van der Waals surface area contributed by atoms with Gasteiger partial charge in [0.25, 0.3) is 0 Å². The predicted molar refractivity (Wildman–Crippen MR) is 72.1 cm³/mol. The van der Waals surface area contributed by atoms with E-state index in [1.807, 2.05) is 12.3 Å². The minimum atomic E-state index is -4.27. The fourth-order valence-electron chi connectivity index (χ4n) is 1.95. The summed E-state index contributed by atoms with van der Waals surface area (Å²) in [5, 5.41) is 3.22. The van der Waals surface area contributed by atoms with Gasteiger partial charge in [0.05, 0.1) is 5.56 Å². The van der Waals surface area contributed by atoms with Crippen LogP contribution >= 0.6 is 0 Å². The van der Waals surface area contributed by atoms with Crippen LogP contribution < -0.4 is 5.32 Å². The van der Waals surface area contributed by atoms with Gasteiger partial charge in [-0.05, 0) is 36.2 Å². The van der Waals surface area contributed by atoms with Crippen LogP contribution in [0.4, 0.5) is 13.2 Å². The van der Waals surface area contributed by atoms with Crippen molar-refractivity contribution in [2.24, 2.45) is 0 Å². The zero-order valence-electron chi connectivity index (χ0n) is 11.2. The van der Waals surface area contributed by atoms with Gasteiger partial charge in [0.2, 0.25) is 0 Å². The highest BCUT2D eigenvalue weighted by Crippen LogP contribution is 2.29. The molecule has 1 aromatic heterocycles. The van der Waals surface area contributed by atoms with Gasteiger partial charge in [-0.3, -0.25) is 0 Å². The number of hydrogen-bond donors (Lipinski definition) is 1. The highest BCUT2D eigenvalue weighted by Gasteiger charge is 2.29. The summed E-state index contributed by atoms with van der Waals surface area (Å²) in [4.78, 5) is 0. The van der Waals surface area contributed by atoms with Crippen molar-refractivity contribution in [3.8, 4) is 0 Å². The first-order chi connectivity index (χ1) is 9.49. The summed E-state index contributed by atoms with van der Waals surface area (Å²) < 4.78 is 39.3. The van der Waals surface area contributed by atoms with Crippen molar-refractivity contribution in [3.05, 3.63) is 59.4 Å². The summed E-state index contributed by atoms with van der Waals surface area (Å²) in [5.74, 6) is 0. The van der Waals surface area contributed by atoms with Crippen LogP contribution in [0, 0.1) is 0 Å². The second-order valence-corrected chi connectivity index (χ2v) is 4.65. The summed E-state index contributed by atoms with van der Waals surface area (Å²) in [7, 11) is 0. The molecule has 0 amide bonds. The number of nitrogens with one attached hydrogen (secondary N) is 1. The Morgan fingerprint density at radius 3 is 2.20 bits per heavy atom. The van der Waals surface area contributed by atoms with Crippen LogP contribution in [0.25, 0.3) is 0 Å². The topological polar surface area (TPSA) is 17.0 Å².